The van der Waals surface area contributed by atoms with E-state index >= 15 is 0 Å². The molecular weight excluding hydrogens is 270 g/mol. The number of benzene rings is 1. The van der Waals surface area contributed by atoms with Gasteiger partial charge in [0.05, 0.1) is 5.41 Å². The summed E-state index contributed by atoms with van der Waals surface area (Å²) in [6.45, 7) is 3.96. The molecule has 1 aliphatic rings. The maximum absolute atomic E-state index is 12.2. The summed E-state index contributed by atoms with van der Waals surface area (Å²) in [5.41, 5.74) is 0.212. The first kappa shape index (κ1) is 15.4. The van der Waals surface area contributed by atoms with Crippen LogP contribution in [0, 0.1) is 12.3 Å². The zero-order chi connectivity index (χ0) is 15.5. The Morgan fingerprint density at radius 3 is 2.57 bits per heavy atom. The predicted molar refractivity (Wildman–Crippen MR) is 78.2 cm³/mol. The number of rotatable bonds is 7. The van der Waals surface area contributed by atoms with Gasteiger partial charge in [0.1, 0.15) is 5.75 Å². The van der Waals surface area contributed by atoms with Crippen molar-refractivity contribution in [1.82, 2.24) is 5.32 Å². The van der Waals surface area contributed by atoms with Gasteiger partial charge in [-0.1, -0.05) is 25.1 Å². The van der Waals surface area contributed by atoms with E-state index in [2.05, 4.69) is 5.32 Å². The fourth-order valence-electron chi connectivity index (χ4n) is 2.15. The number of carbonyl (C=O) groups is 2. The normalized spacial score (nSPS) is 16.9. The lowest BCUT2D eigenvalue weighted by molar-refractivity contribution is -0.143. The molecule has 0 spiro atoms. The summed E-state index contributed by atoms with van der Waals surface area (Å²) in [6.07, 6.45) is 1.17. The van der Waals surface area contributed by atoms with Gasteiger partial charge in [-0.25, -0.2) is 0 Å². The molecule has 2 rings (SSSR count). The lowest BCUT2D eigenvalue weighted by atomic mass is 10.1. The third-order valence-electron chi connectivity index (χ3n) is 3.93. The molecule has 0 radical (unpaired) electrons. The fourth-order valence-corrected chi connectivity index (χ4v) is 2.15. The van der Waals surface area contributed by atoms with Crippen LogP contribution in [0.4, 0.5) is 0 Å². The molecule has 1 unspecified atom stereocenters. The van der Waals surface area contributed by atoms with E-state index in [9.17, 15) is 9.59 Å². The van der Waals surface area contributed by atoms with Gasteiger partial charge in [-0.15, -0.1) is 0 Å². The first-order chi connectivity index (χ1) is 9.98. The molecule has 1 fully saturated rings. The summed E-state index contributed by atoms with van der Waals surface area (Å²) in [5.74, 6) is -0.414. The van der Waals surface area contributed by atoms with Crippen LogP contribution in [0.5, 0.6) is 5.75 Å². The van der Waals surface area contributed by atoms with E-state index in [4.69, 9.17) is 9.84 Å². The molecule has 0 saturated heterocycles. The second kappa shape index (κ2) is 6.16. The minimum absolute atomic E-state index is 0.175. The Bertz CT molecular complexity index is 537. The van der Waals surface area contributed by atoms with Crippen molar-refractivity contribution in [2.75, 3.05) is 6.54 Å². The van der Waals surface area contributed by atoms with Crippen molar-refractivity contribution < 1.29 is 19.4 Å². The fraction of sp³-hybridized carbons (Fsp3) is 0.500. The zero-order valence-corrected chi connectivity index (χ0v) is 12.4. The lowest BCUT2D eigenvalue weighted by Gasteiger charge is -2.19. The van der Waals surface area contributed by atoms with E-state index in [0.29, 0.717) is 25.0 Å². The molecule has 0 bridgehead atoms. The summed E-state index contributed by atoms with van der Waals surface area (Å²) in [5, 5.41) is 11.8. The van der Waals surface area contributed by atoms with Crippen LogP contribution in [-0.4, -0.2) is 29.6 Å². The van der Waals surface area contributed by atoms with Crippen LogP contribution >= 0.6 is 0 Å². The molecule has 1 saturated carbocycles. The molecular formula is C16H21NO4. The van der Waals surface area contributed by atoms with Crippen molar-refractivity contribution in [2.45, 2.75) is 39.2 Å². The Hall–Kier alpha value is -2.04. The van der Waals surface area contributed by atoms with Gasteiger partial charge < -0.3 is 15.2 Å². The standard InChI is InChI=1S/C16H21NO4/c1-3-12(21-13-7-5-4-6-11(13)2)14(18)17-10-16(8-9-16)15(19)20/h4-7,12H,3,8-10H2,1-2H3,(H,17,18)(H,19,20). The van der Waals surface area contributed by atoms with Crippen molar-refractivity contribution in [1.29, 1.82) is 0 Å². The Balaban J connectivity index is 1.93. The molecule has 2 N–H and O–H groups in total. The van der Waals surface area contributed by atoms with Gasteiger partial charge in [0.15, 0.2) is 6.10 Å². The molecule has 1 aromatic rings. The van der Waals surface area contributed by atoms with Crippen LogP contribution < -0.4 is 10.1 Å². The van der Waals surface area contributed by atoms with Crippen molar-refractivity contribution in [2.24, 2.45) is 5.41 Å². The largest absolute Gasteiger partial charge is 0.481 e. The Kier molecular flexibility index (Phi) is 4.50. The summed E-state index contributed by atoms with van der Waals surface area (Å²) in [6, 6.07) is 7.51. The van der Waals surface area contributed by atoms with Gasteiger partial charge in [-0.3, -0.25) is 9.59 Å². The third-order valence-corrected chi connectivity index (χ3v) is 3.93. The van der Waals surface area contributed by atoms with E-state index in [1.165, 1.54) is 0 Å². The summed E-state index contributed by atoms with van der Waals surface area (Å²) >= 11 is 0. The molecule has 21 heavy (non-hydrogen) atoms. The monoisotopic (exact) mass is 291 g/mol. The summed E-state index contributed by atoms with van der Waals surface area (Å²) in [7, 11) is 0. The second-order valence-electron chi connectivity index (χ2n) is 5.58. The van der Waals surface area contributed by atoms with E-state index in [1.807, 2.05) is 38.1 Å². The van der Waals surface area contributed by atoms with E-state index in [-0.39, 0.29) is 12.5 Å². The Morgan fingerprint density at radius 1 is 1.38 bits per heavy atom. The molecule has 1 aliphatic carbocycles. The minimum Gasteiger partial charge on any atom is -0.481 e. The molecule has 0 aromatic heterocycles. The second-order valence-corrected chi connectivity index (χ2v) is 5.58. The Morgan fingerprint density at radius 2 is 2.05 bits per heavy atom. The Labute approximate surface area is 124 Å². The lowest BCUT2D eigenvalue weighted by Crippen LogP contribution is -2.42. The predicted octanol–water partition coefficient (Wildman–Crippen LogP) is 2.13. The number of para-hydroxylation sites is 1. The van der Waals surface area contributed by atoms with Gasteiger partial charge in [0, 0.05) is 6.54 Å². The highest BCUT2D eigenvalue weighted by atomic mass is 16.5. The van der Waals surface area contributed by atoms with Crippen LogP contribution in [0.25, 0.3) is 0 Å². The molecule has 1 atom stereocenters. The first-order valence-electron chi connectivity index (χ1n) is 7.22. The van der Waals surface area contributed by atoms with Crippen molar-refractivity contribution in [3.05, 3.63) is 29.8 Å². The highest BCUT2D eigenvalue weighted by Gasteiger charge is 2.50. The number of ether oxygens (including phenoxy) is 1. The SMILES string of the molecule is CCC(Oc1ccccc1C)C(=O)NCC1(C(=O)O)CC1. The van der Waals surface area contributed by atoms with Gasteiger partial charge in [-0.05, 0) is 37.8 Å². The van der Waals surface area contributed by atoms with Crippen LogP contribution in [-0.2, 0) is 9.59 Å². The number of hydrogen-bond donors (Lipinski definition) is 2. The average molecular weight is 291 g/mol. The third kappa shape index (κ3) is 3.54. The van der Waals surface area contributed by atoms with E-state index in [0.717, 1.165) is 5.56 Å². The number of aliphatic carboxylic acids is 1. The number of carboxylic acids is 1. The average Bonchev–Trinajstić information content (AvgIpc) is 3.25. The first-order valence-corrected chi connectivity index (χ1v) is 7.22. The molecule has 0 aliphatic heterocycles. The minimum atomic E-state index is -0.837. The van der Waals surface area contributed by atoms with Crippen LogP contribution in [0.15, 0.2) is 24.3 Å². The number of carbonyl (C=O) groups excluding carboxylic acids is 1. The zero-order valence-electron chi connectivity index (χ0n) is 12.4. The molecule has 0 heterocycles. The topological polar surface area (TPSA) is 75.6 Å². The van der Waals surface area contributed by atoms with Crippen molar-refractivity contribution in [3.63, 3.8) is 0 Å². The maximum Gasteiger partial charge on any atom is 0.311 e. The highest BCUT2D eigenvalue weighted by molar-refractivity contribution is 5.83. The van der Waals surface area contributed by atoms with Crippen LogP contribution in [0.2, 0.25) is 0 Å². The van der Waals surface area contributed by atoms with Crippen LogP contribution in [0.3, 0.4) is 0 Å². The van der Waals surface area contributed by atoms with Crippen molar-refractivity contribution in [3.8, 4) is 5.75 Å². The van der Waals surface area contributed by atoms with E-state index in [1.54, 1.807) is 0 Å². The summed E-state index contributed by atoms with van der Waals surface area (Å²) < 4.78 is 5.74. The number of hydrogen-bond acceptors (Lipinski definition) is 3. The molecule has 114 valence electrons. The number of carboxylic acid groups (broad SMARTS) is 1. The van der Waals surface area contributed by atoms with Crippen LogP contribution in [0.1, 0.15) is 31.7 Å². The molecule has 1 aromatic carbocycles. The summed E-state index contributed by atoms with van der Waals surface area (Å²) in [4.78, 5) is 23.2. The van der Waals surface area contributed by atoms with E-state index < -0.39 is 17.5 Å². The van der Waals surface area contributed by atoms with Crippen molar-refractivity contribution >= 4 is 11.9 Å². The molecule has 5 nitrogen and oxygen atoms in total. The number of aryl methyl sites for hydroxylation is 1. The highest BCUT2D eigenvalue weighted by Crippen LogP contribution is 2.45. The number of amides is 1. The number of nitrogens with one attached hydrogen (secondary N) is 1. The molecule has 1 amide bonds. The van der Waals surface area contributed by atoms with Gasteiger partial charge in [0.2, 0.25) is 0 Å². The maximum atomic E-state index is 12.2. The van der Waals surface area contributed by atoms with Gasteiger partial charge in [-0.2, -0.15) is 0 Å². The molecule has 5 heteroatoms. The van der Waals surface area contributed by atoms with Gasteiger partial charge >= 0.3 is 5.97 Å². The quantitative estimate of drug-likeness (QED) is 0.807. The van der Waals surface area contributed by atoms with Gasteiger partial charge in [0.25, 0.3) is 5.91 Å². The smallest absolute Gasteiger partial charge is 0.311 e.